The van der Waals surface area contributed by atoms with Crippen molar-refractivity contribution in [2.75, 3.05) is 0 Å². The van der Waals surface area contributed by atoms with E-state index in [0.29, 0.717) is 18.8 Å². The molecule has 0 aliphatic heterocycles. The largest absolute Gasteiger partial charge is 0.352 e. The molecule has 1 fully saturated rings. The van der Waals surface area contributed by atoms with Crippen molar-refractivity contribution in [3.8, 4) is 11.4 Å². The third-order valence-electron chi connectivity index (χ3n) is 6.34. The minimum absolute atomic E-state index is 0.0672. The minimum Gasteiger partial charge on any atom is -0.352 e. The van der Waals surface area contributed by atoms with Crippen LogP contribution in [0.4, 0.5) is 0 Å². The Bertz CT molecular complexity index is 1100. The second-order valence-corrected chi connectivity index (χ2v) is 10.8. The SMILES string of the molecule is Cc1ccc(-c2nnn(CC(=O)N(Cc3cccs3)C(CC(C)C)C(=O)NC3CCCC3)n2)cc1. The number of thiophene rings is 1. The molecule has 2 aromatic heterocycles. The van der Waals surface area contributed by atoms with Crippen molar-refractivity contribution in [3.05, 3.63) is 52.2 Å². The number of nitrogens with zero attached hydrogens (tertiary/aromatic N) is 5. The Morgan fingerprint density at radius 2 is 1.91 bits per heavy atom. The zero-order valence-corrected chi connectivity index (χ0v) is 21.5. The molecule has 0 bridgehead atoms. The zero-order chi connectivity index (χ0) is 24.8. The molecule has 0 saturated heterocycles. The van der Waals surface area contributed by atoms with Crippen molar-refractivity contribution in [1.82, 2.24) is 30.4 Å². The van der Waals surface area contributed by atoms with Gasteiger partial charge in [0, 0.05) is 16.5 Å². The Balaban J connectivity index is 1.54. The van der Waals surface area contributed by atoms with Crippen LogP contribution >= 0.6 is 11.3 Å². The van der Waals surface area contributed by atoms with E-state index in [-0.39, 0.29) is 30.3 Å². The molecule has 1 atom stereocenters. The molecule has 2 heterocycles. The molecule has 1 unspecified atom stereocenters. The van der Waals surface area contributed by atoms with Gasteiger partial charge in [-0.25, -0.2) is 0 Å². The highest BCUT2D eigenvalue weighted by molar-refractivity contribution is 7.09. The number of carbonyl (C=O) groups excluding carboxylic acids is 2. The summed E-state index contributed by atoms with van der Waals surface area (Å²) in [6.45, 7) is 6.49. The van der Waals surface area contributed by atoms with Gasteiger partial charge < -0.3 is 10.2 Å². The molecule has 1 aliphatic rings. The standard InChI is InChI=1S/C26H34N6O2S/c1-18(2)15-23(26(34)27-21-7-4-5-8-21)31(16-22-9-6-14-35-22)24(33)17-32-29-25(28-30-32)20-12-10-19(3)11-13-20/h6,9-14,18,21,23H,4-5,7-8,15-17H2,1-3H3,(H,27,34). The third kappa shape index (κ3) is 6.75. The summed E-state index contributed by atoms with van der Waals surface area (Å²) in [6, 6.07) is 11.5. The van der Waals surface area contributed by atoms with Crippen LogP contribution in [-0.4, -0.2) is 49.0 Å². The Labute approximate surface area is 210 Å². The fourth-order valence-electron chi connectivity index (χ4n) is 4.47. The molecule has 3 aromatic rings. The Hall–Kier alpha value is -3.07. The van der Waals surface area contributed by atoms with Crippen LogP contribution < -0.4 is 5.32 Å². The lowest BCUT2D eigenvalue weighted by Crippen LogP contribution is -2.52. The summed E-state index contributed by atoms with van der Waals surface area (Å²) in [5, 5.41) is 17.9. The first-order valence-electron chi connectivity index (χ1n) is 12.4. The number of aromatic nitrogens is 4. The lowest BCUT2D eigenvalue weighted by atomic mass is 10.0. The maximum atomic E-state index is 13.6. The summed E-state index contributed by atoms with van der Waals surface area (Å²) in [5.41, 5.74) is 1.99. The van der Waals surface area contributed by atoms with Crippen LogP contribution in [0.25, 0.3) is 11.4 Å². The van der Waals surface area contributed by atoms with E-state index >= 15 is 0 Å². The first-order chi connectivity index (χ1) is 16.9. The lowest BCUT2D eigenvalue weighted by molar-refractivity contribution is -0.143. The number of tetrazole rings is 1. The number of aryl methyl sites for hydroxylation is 1. The van der Waals surface area contributed by atoms with Crippen LogP contribution in [0.5, 0.6) is 0 Å². The molecule has 0 radical (unpaired) electrons. The van der Waals surface area contributed by atoms with E-state index < -0.39 is 6.04 Å². The molecule has 9 heteroatoms. The number of rotatable bonds is 10. The van der Waals surface area contributed by atoms with Gasteiger partial charge >= 0.3 is 0 Å². The summed E-state index contributed by atoms with van der Waals surface area (Å²) >= 11 is 1.58. The average Bonchev–Trinajstić information content (AvgIpc) is 3.60. The lowest BCUT2D eigenvalue weighted by Gasteiger charge is -2.32. The summed E-state index contributed by atoms with van der Waals surface area (Å²) in [5.74, 6) is 0.465. The van der Waals surface area contributed by atoms with Gasteiger partial charge in [-0.05, 0) is 48.8 Å². The number of hydrogen-bond donors (Lipinski definition) is 1. The molecule has 35 heavy (non-hydrogen) atoms. The van der Waals surface area contributed by atoms with E-state index in [1.807, 2.05) is 48.7 Å². The quantitative estimate of drug-likeness (QED) is 0.456. The van der Waals surface area contributed by atoms with Gasteiger partial charge in [0.15, 0.2) is 0 Å². The first-order valence-corrected chi connectivity index (χ1v) is 13.2. The van der Waals surface area contributed by atoms with Gasteiger partial charge in [0.1, 0.15) is 12.6 Å². The van der Waals surface area contributed by atoms with E-state index in [2.05, 4.69) is 34.6 Å². The molecule has 2 amide bonds. The maximum absolute atomic E-state index is 13.6. The van der Waals surface area contributed by atoms with Crippen LogP contribution in [0.1, 0.15) is 56.4 Å². The number of amides is 2. The Morgan fingerprint density at radius 3 is 2.57 bits per heavy atom. The van der Waals surface area contributed by atoms with Crippen LogP contribution in [0, 0.1) is 12.8 Å². The number of nitrogens with one attached hydrogen (secondary N) is 1. The van der Waals surface area contributed by atoms with Crippen LogP contribution in [-0.2, 0) is 22.7 Å². The maximum Gasteiger partial charge on any atom is 0.247 e. The average molecular weight is 495 g/mol. The first kappa shape index (κ1) is 25.0. The molecule has 1 N–H and O–H groups in total. The molecule has 1 saturated carbocycles. The molecule has 1 aliphatic carbocycles. The predicted molar refractivity (Wildman–Crippen MR) is 137 cm³/mol. The summed E-state index contributed by atoms with van der Waals surface area (Å²) in [7, 11) is 0. The van der Waals surface area contributed by atoms with Crippen LogP contribution in [0.15, 0.2) is 41.8 Å². The fourth-order valence-corrected chi connectivity index (χ4v) is 5.18. The smallest absolute Gasteiger partial charge is 0.247 e. The van der Waals surface area contributed by atoms with Crippen molar-refractivity contribution < 1.29 is 9.59 Å². The minimum atomic E-state index is -0.551. The number of carbonyl (C=O) groups is 2. The van der Waals surface area contributed by atoms with Gasteiger partial charge in [0.05, 0.1) is 6.54 Å². The van der Waals surface area contributed by atoms with Gasteiger partial charge in [-0.1, -0.05) is 62.6 Å². The van der Waals surface area contributed by atoms with Crippen molar-refractivity contribution in [3.63, 3.8) is 0 Å². The van der Waals surface area contributed by atoms with Gasteiger partial charge in [-0.15, -0.1) is 21.5 Å². The summed E-state index contributed by atoms with van der Waals surface area (Å²) < 4.78 is 0. The van der Waals surface area contributed by atoms with E-state index in [1.54, 1.807) is 16.2 Å². The predicted octanol–water partition coefficient (Wildman–Crippen LogP) is 4.21. The molecule has 4 rings (SSSR count). The second kappa shape index (κ2) is 11.6. The molecule has 0 spiro atoms. The second-order valence-electron chi connectivity index (χ2n) is 9.75. The van der Waals surface area contributed by atoms with Crippen molar-refractivity contribution in [2.45, 2.75) is 78.0 Å². The monoisotopic (exact) mass is 494 g/mol. The van der Waals surface area contributed by atoms with E-state index in [9.17, 15) is 9.59 Å². The zero-order valence-electron chi connectivity index (χ0n) is 20.7. The summed E-state index contributed by atoms with van der Waals surface area (Å²) in [4.78, 5) is 31.1. The highest BCUT2D eigenvalue weighted by Crippen LogP contribution is 2.22. The molecule has 186 valence electrons. The summed E-state index contributed by atoms with van der Waals surface area (Å²) in [6.07, 6.45) is 4.88. The van der Waals surface area contributed by atoms with E-state index in [1.165, 1.54) is 4.80 Å². The van der Waals surface area contributed by atoms with Gasteiger partial charge in [-0.2, -0.15) is 4.80 Å². The van der Waals surface area contributed by atoms with Crippen molar-refractivity contribution >= 4 is 23.2 Å². The highest BCUT2D eigenvalue weighted by atomic mass is 32.1. The van der Waals surface area contributed by atoms with Gasteiger partial charge in [-0.3, -0.25) is 9.59 Å². The molecule has 8 nitrogen and oxygen atoms in total. The van der Waals surface area contributed by atoms with Gasteiger partial charge in [0.2, 0.25) is 17.6 Å². The molecular weight excluding hydrogens is 460 g/mol. The van der Waals surface area contributed by atoms with E-state index in [0.717, 1.165) is 41.7 Å². The molecular formula is C26H34N6O2S. The van der Waals surface area contributed by atoms with Crippen molar-refractivity contribution in [1.29, 1.82) is 0 Å². The van der Waals surface area contributed by atoms with Crippen LogP contribution in [0.2, 0.25) is 0 Å². The molecule has 1 aromatic carbocycles. The topological polar surface area (TPSA) is 93.0 Å². The highest BCUT2D eigenvalue weighted by Gasteiger charge is 2.33. The van der Waals surface area contributed by atoms with Gasteiger partial charge in [0.25, 0.3) is 0 Å². The van der Waals surface area contributed by atoms with Crippen molar-refractivity contribution in [2.24, 2.45) is 5.92 Å². The van der Waals surface area contributed by atoms with E-state index in [4.69, 9.17) is 0 Å². The number of benzene rings is 1. The normalized spacial score (nSPS) is 14.9. The van der Waals surface area contributed by atoms with Crippen LogP contribution in [0.3, 0.4) is 0 Å². The fraction of sp³-hybridized carbons (Fsp3) is 0.500. The third-order valence-corrected chi connectivity index (χ3v) is 7.20. The Kier molecular flexibility index (Phi) is 8.28. The Morgan fingerprint density at radius 1 is 1.17 bits per heavy atom. The number of hydrogen-bond acceptors (Lipinski definition) is 6.